The molecule has 0 aliphatic rings. The molecule has 0 bridgehead atoms. The predicted octanol–water partition coefficient (Wildman–Crippen LogP) is 3.00. The summed E-state index contributed by atoms with van der Waals surface area (Å²) >= 11 is 0. The van der Waals surface area contributed by atoms with Gasteiger partial charge >= 0.3 is 0 Å². The highest BCUT2D eigenvalue weighted by atomic mass is 16.5. The molecule has 100 valence electrons. The third-order valence-corrected chi connectivity index (χ3v) is 2.84. The lowest BCUT2D eigenvalue weighted by atomic mass is 10.1. The van der Waals surface area contributed by atoms with Gasteiger partial charge in [0.25, 0.3) is 0 Å². The number of ketones is 1. The lowest BCUT2D eigenvalue weighted by Gasteiger charge is -2.20. The number of hydrogen-bond acceptors (Lipinski definition) is 3. The number of carbonyl (C=O) groups is 1. The fourth-order valence-electron chi connectivity index (χ4n) is 1.99. The summed E-state index contributed by atoms with van der Waals surface area (Å²) in [5.41, 5.74) is 0.728. The molecule has 0 radical (unpaired) electrons. The molecule has 0 saturated heterocycles. The molecular formula is C15H23NO2. The normalized spacial score (nSPS) is 10.7. The van der Waals surface area contributed by atoms with Crippen molar-refractivity contribution < 1.29 is 9.53 Å². The van der Waals surface area contributed by atoms with E-state index in [1.807, 2.05) is 18.2 Å². The molecule has 18 heavy (non-hydrogen) atoms. The molecule has 1 aromatic rings. The molecule has 1 rings (SSSR count). The lowest BCUT2D eigenvalue weighted by molar-refractivity contribution is 0.0930. The van der Waals surface area contributed by atoms with E-state index < -0.39 is 0 Å². The monoisotopic (exact) mass is 249 g/mol. The van der Waals surface area contributed by atoms with E-state index in [-0.39, 0.29) is 5.78 Å². The topological polar surface area (TPSA) is 29.5 Å². The minimum Gasteiger partial charge on any atom is -0.497 e. The Morgan fingerprint density at radius 1 is 1.22 bits per heavy atom. The maximum atomic E-state index is 12.2. The van der Waals surface area contributed by atoms with Gasteiger partial charge in [-0.3, -0.25) is 9.69 Å². The van der Waals surface area contributed by atoms with Gasteiger partial charge in [-0.2, -0.15) is 0 Å². The largest absolute Gasteiger partial charge is 0.497 e. The van der Waals surface area contributed by atoms with Crippen molar-refractivity contribution in [3.63, 3.8) is 0 Å². The summed E-state index contributed by atoms with van der Waals surface area (Å²) in [6.45, 7) is 6.72. The second-order valence-corrected chi connectivity index (χ2v) is 4.43. The molecule has 0 saturated carbocycles. The SMILES string of the molecule is CCCN(CCC)CC(=O)c1cccc(OC)c1. The van der Waals surface area contributed by atoms with Crippen molar-refractivity contribution in [2.24, 2.45) is 0 Å². The number of nitrogens with zero attached hydrogens (tertiary/aromatic N) is 1. The van der Waals surface area contributed by atoms with Crippen molar-refractivity contribution in [3.05, 3.63) is 29.8 Å². The van der Waals surface area contributed by atoms with Crippen molar-refractivity contribution in [1.82, 2.24) is 4.90 Å². The fourth-order valence-corrected chi connectivity index (χ4v) is 1.99. The van der Waals surface area contributed by atoms with Crippen molar-refractivity contribution in [3.8, 4) is 5.75 Å². The Labute approximate surface area is 110 Å². The van der Waals surface area contributed by atoms with Crippen molar-refractivity contribution in [2.75, 3.05) is 26.7 Å². The number of hydrogen-bond donors (Lipinski definition) is 0. The van der Waals surface area contributed by atoms with Gasteiger partial charge in [-0.05, 0) is 38.1 Å². The van der Waals surface area contributed by atoms with Gasteiger partial charge < -0.3 is 4.74 Å². The highest BCUT2D eigenvalue weighted by Gasteiger charge is 2.11. The van der Waals surface area contributed by atoms with Crippen LogP contribution < -0.4 is 4.74 Å². The first-order valence-corrected chi connectivity index (χ1v) is 6.60. The van der Waals surface area contributed by atoms with E-state index in [4.69, 9.17) is 4.74 Å². The first kappa shape index (κ1) is 14.7. The van der Waals surface area contributed by atoms with Gasteiger partial charge in [-0.1, -0.05) is 26.0 Å². The smallest absolute Gasteiger partial charge is 0.176 e. The molecular weight excluding hydrogens is 226 g/mol. The zero-order valence-corrected chi connectivity index (χ0v) is 11.6. The molecule has 3 nitrogen and oxygen atoms in total. The molecule has 0 fully saturated rings. The van der Waals surface area contributed by atoms with Crippen LogP contribution in [0.3, 0.4) is 0 Å². The summed E-state index contributed by atoms with van der Waals surface area (Å²) < 4.78 is 5.14. The number of methoxy groups -OCH3 is 1. The number of Topliss-reactive ketones (excluding diaryl/α,β-unsaturated/α-hetero) is 1. The van der Waals surface area contributed by atoms with Gasteiger partial charge in [0.2, 0.25) is 0 Å². The van der Waals surface area contributed by atoms with Gasteiger partial charge in [0.1, 0.15) is 5.75 Å². The molecule has 0 spiro atoms. The Morgan fingerprint density at radius 2 is 1.89 bits per heavy atom. The second kappa shape index (κ2) is 7.88. The van der Waals surface area contributed by atoms with Crippen LogP contribution in [-0.2, 0) is 0 Å². The maximum absolute atomic E-state index is 12.2. The molecule has 0 aliphatic heterocycles. The van der Waals surface area contributed by atoms with E-state index in [0.717, 1.165) is 37.2 Å². The van der Waals surface area contributed by atoms with Crippen molar-refractivity contribution in [1.29, 1.82) is 0 Å². The lowest BCUT2D eigenvalue weighted by Crippen LogP contribution is -2.31. The van der Waals surface area contributed by atoms with Crippen molar-refractivity contribution in [2.45, 2.75) is 26.7 Å². The first-order chi connectivity index (χ1) is 8.71. The van der Waals surface area contributed by atoms with Gasteiger partial charge in [0, 0.05) is 5.56 Å². The zero-order chi connectivity index (χ0) is 13.4. The molecule has 1 aromatic carbocycles. The van der Waals surface area contributed by atoms with Crippen LogP contribution >= 0.6 is 0 Å². The molecule has 0 aliphatic carbocycles. The Balaban J connectivity index is 2.67. The third-order valence-electron chi connectivity index (χ3n) is 2.84. The summed E-state index contributed by atoms with van der Waals surface area (Å²) in [6, 6.07) is 7.36. The van der Waals surface area contributed by atoms with E-state index in [1.165, 1.54) is 0 Å². The van der Waals surface area contributed by atoms with Gasteiger partial charge in [-0.25, -0.2) is 0 Å². The quantitative estimate of drug-likeness (QED) is 0.663. The van der Waals surface area contributed by atoms with Crippen LogP contribution in [0.5, 0.6) is 5.75 Å². The van der Waals surface area contributed by atoms with Crippen LogP contribution in [-0.4, -0.2) is 37.4 Å². The van der Waals surface area contributed by atoms with Crippen molar-refractivity contribution >= 4 is 5.78 Å². The Hall–Kier alpha value is -1.35. The Morgan fingerprint density at radius 3 is 2.44 bits per heavy atom. The molecule has 0 aromatic heterocycles. The summed E-state index contributed by atoms with van der Waals surface area (Å²) in [5, 5.41) is 0. The number of ether oxygens (including phenoxy) is 1. The van der Waals surface area contributed by atoms with Crippen LogP contribution in [0.2, 0.25) is 0 Å². The third kappa shape index (κ3) is 4.49. The summed E-state index contributed by atoms with van der Waals surface area (Å²) in [5.74, 6) is 0.897. The zero-order valence-electron chi connectivity index (χ0n) is 11.6. The molecule has 0 heterocycles. The van der Waals surface area contributed by atoms with Crippen LogP contribution in [0.4, 0.5) is 0 Å². The summed E-state index contributed by atoms with van der Waals surface area (Å²) in [6.07, 6.45) is 2.15. The summed E-state index contributed by atoms with van der Waals surface area (Å²) in [4.78, 5) is 14.4. The van der Waals surface area contributed by atoms with Gasteiger partial charge in [-0.15, -0.1) is 0 Å². The van der Waals surface area contributed by atoms with E-state index in [1.54, 1.807) is 13.2 Å². The maximum Gasteiger partial charge on any atom is 0.176 e. The van der Waals surface area contributed by atoms with Crippen LogP contribution in [0.15, 0.2) is 24.3 Å². The fraction of sp³-hybridized carbons (Fsp3) is 0.533. The van der Waals surface area contributed by atoms with E-state index >= 15 is 0 Å². The average molecular weight is 249 g/mol. The Kier molecular flexibility index (Phi) is 6.44. The van der Waals surface area contributed by atoms with E-state index in [2.05, 4.69) is 18.7 Å². The molecule has 3 heteroatoms. The Bertz CT molecular complexity index is 371. The van der Waals surface area contributed by atoms with E-state index in [0.29, 0.717) is 6.54 Å². The van der Waals surface area contributed by atoms with Crippen LogP contribution in [0.25, 0.3) is 0 Å². The van der Waals surface area contributed by atoms with Crippen LogP contribution in [0.1, 0.15) is 37.0 Å². The molecule has 0 unspecified atom stereocenters. The number of benzene rings is 1. The minimum absolute atomic E-state index is 0.163. The standard InChI is InChI=1S/C15H23NO2/c1-4-9-16(10-5-2)12-15(17)13-7-6-8-14(11-13)18-3/h6-8,11H,4-5,9-10,12H2,1-3H3. The molecule has 0 amide bonds. The summed E-state index contributed by atoms with van der Waals surface area (Å²) in [7, 11) is 1.62. The van der Waals surface area contributed by atoms with Gasteiger partial charge in [0.15, 0.2) is 5.78 Å². The highest BCUT2D eigenvalue weighted by Crippen LogP contribution is 2.13. The van der Waals surface area contributed by atoms with Gasteiger partial charge in [0.05, 0.1) is 13.7 Å². The average Bonchev–Trinajstić information content (AvgIpc) is 2.39. The van der Waals surface area contributed by atoms with Crippen LogP contribution in [0, 0.1) is 0 Å². The highest BCUT2D eigenvalue weighted by molar-refractivity contribution is 5.97. The predicted molar refractivity (Wildman–Crippen MR) is 74.3 cm³/mol. The molecule has 0 N–H and O–H groups in total. The second-order valence-electron chi connectivity index (χ2n) is 4.43. The van der Waals surface area contributed by atoms with E-state index in [9.17, 15) is 4.79 Å². The minimum atomic E-state index is 0.163. The molecule has 0 atom stereocenters. The number of carbonyl (C=O) groups excluding carboxylic acids is 1. The first-order valence-electron chi connectivity index (χ1n) is 6.60. The number of rotatable bonds is 8.